The molecule has 0 aromatic heterocycles. The predicted molar refractivity (Wildman–Crippen MR) is 82.2 cm³/mol. The summed E-state index contributed by atoms with van der Waals surface area (Å²) < 4.78 is 17.5. The number of benzene rings is 1. The number of ether oxygens (including phenoxy) is 1. The summed E-state index contributed by atoms with van der Waals surface area (Å²) in [5.41, 5.74) is 1.16. The molecule has 19 heavy (non-hydrogen) atoms. The Balaban J connectivity index is 2.68. The summed E-state index contributed by atoms with van der Waals surface area (Å²) in [7, 11) is 1.15. The Morgan fingerprint density at radius 2 is 1.89 bits per heavy atom. The molecule has 0 spiro atoms. The Bertz CT molecular complexity index is 390. The van der Waals surface area contributed by atoms with Gasteiger partial charge in [-0.15, -0.1) is 0 Å². The van der Waals surface area contributed by atoms with E-state index in [0.29, 0.717) is 5.75 Å². The normalized spacial score (nSPS) is 14.4. The Kier molecular flexibility index (Phi) is 7.10. The van der Waals surface area contributed by atoms with Crippen LogP contribution >= 0.6 is 0 Å². The van der Waals surface area contributed by atoms with E-state index in [2.05, 4.69) is 12.2 Å². The Labute approximate surface area is 119 Å². The quantitative estimate of drug-likeness (QED) is 0.797. The fourth-order valence-electron chi connectivity index (χ4n) is 1.89. The van der Waals surface area contributed by atoms with Crippen LogP contribution in [-0.4, -0.2) is 28.9 Å². The van der Waals surface area contributed by atoms with Gasteiger partial charge >= 0.3 is 0 Å². The van der Waals surface area contributed by atoms with Crippen LogP contribution in [0.25, 0.3) is 0 Å². The van der Waals surface area contributed by atoms with Crippen LogP contribution in [-0.2, 0) is 10.8 Å². The molecule has 0 saturated carbocycles. The average molecular weight is 283 g/mol. The first kappa shape index (κ1) is 16.2. The lowest BCUT2D eigenvalue weighted by atomic mass is 10.1. The van der Waals surface area contributed by atoms with E-state index in [1.165, 1.54) is 0 Å². The van der Waals surface area contributed by atoms with Gasteiger partial charge in [0, 0.05) is 28.3 Å². The average Bonchev–Trinajstić information content (AvgIpc) is 2.37. The summed E-state index contributed by atoms with van der Waals surface area (Å²) >= 11 is 0. The number of nitrogens with one attached hydrogen (secondary N) is 1. The van der Waals surface area contributed by atoms with E-state index >= 15 is 0 Å². The first-order valence-electron chi connectivity index (χ1n) is 6.85. The SMILES string of the molecule is CCCS(=O)CC(NC)c1ccc(OC(C)C)cc1. The minimum Gasteiger partial charge on any atom is -0.491 e. The maximum Gasteiger partial charge on any atom is 0.119 e. The molecule has 1 N–H and O–H groups in total. The highest BCUT2D eigenvalue weighted by molar-refractivity contribution is 7.85. The molecule has 1 rings (SSSR count). The molecule has 0 heterocycles. The molecule has 0 amide bonds. The van der Waals surface area contributed by atoms with Crippen LogP contribution in [0.1, 0.15) is 38.8 Å². The van der Waals surface area contributed by atoms with Crippen LogP contribution in [0.2, 0.25) is 0 Å². The van der Waals surface area contributed by atoms with Crippen molar-refractivity contribution in [3.8, 4) is 5.75 Å². The van der Waals surface area contributed by atoms with Gasteiger partial charge in [0.2, 0.25) is 0 Å². The summed E-state index contributed by atoms with van der Waals surface area (Å²) in [6.07, 6.45) is 1.15. The molecule has 1 aromatic rings. The maximum absolute atomic E-state index is 11.8. The standard InChI is InChI=1S/C15H25NO2S/c1-5-10-19(17)11-15(16-4)13-6-8-14(9-7-13)18-12(2)3/h6-9,12,15-16H,5,10-11H2,1-4H3. The topological polar surface area (TPSA) is 38.3 Å². The molecule has 0 bridgehead atoms. The molecule has 1 aromatic carbocycles. The van der Waals surface area contributed by atoms with Crippen LogP contribution in [0.4, 0.5) is 0 Å². The zero-order valence-corrected chi connectivity index (χ0v) is 13.1. The highest BCUT2D eigenvalue weighted by Crippen LogP contribution is 2.19. The van der Waals surface area contributed by atoms with Crippen LogP contribution in [0.15, 0.2) is 24.3 Å². The lowest BCUT2D eigenvalue weighted by Crippen LogP contribution is -2.23. The second-order valence-corrected chi connectivity index (χ2v) is 6.51. The lowest BCUT2D eigenvalue weighted by molar-refractivity contribution is 0.242. The molecule has 108 valence electrons. The van der Waals surface area contributed by atoms with Crippen LogP contribution in [0, 0.1) is 0 Å². The minimum absolute atomic E-state index is 0.139. The second-order valence-electron chi connectivity index (χ2n) is 4.89. The van der Waals surface area contributed by atoms with E-state index in [0.717, 1.165) is 23.5 Å². The third kappa shape index (κ3) is 5.74. The molecule has 4 heteroatoms. The number of hydrogen-bond acceptors (Lipinski definition) is 3. The van der Waals surface area contributed by atoms with Crippen molar-refractivity contribution >= 4 is 10.8 Å². The molecule has 0 saturated heterocycles. The van der Waals surface area contributed by atoms with E-state index in [-0.39, 0.29) is 12.1 Å². The number of hydrogen-bond donors (Lipinski definition) is 1. The van der Waals surface area contributed by atoms with Gasteiger partial charge in [0.1, 0.15) is 5.75 Å². The molecule has 0 aliphatic carbocycles. The molecule has 2 atom stereocenters. The fraction of sp³-hybridized carbons (Fsp3) is 0.600. The third-order valence-electron chi connectivity index (χ3n) is 2.79. The van der Waals surface area contributed by atoms with Crippen LogP contribution < -0.4 is 10.1 Å². The van der Waals surface area contributed by atoms with Crippen molar-refractivity contribution in [2.45, 2.75) is 39.3 Å². The van der Waals surface area contributed by atoms with E-state index in [4.69, 9.17) is 4.74 Å². The highest BCUT2D eigenvalue weighted by atomic mass is 32.2. The minimum atomic E-state index is -0.759. The Hall–Kier alpha value is -0.870. The van der Waals surface area contributed by atoms with Gasteiger partial charge in [-0.2, -0.15) is 0 Å². The Morgan fingerprint density at radius 1 is 1.26 bits per heavy atom. The summed E-state index contributed by atoms with van der Waals surface area (Å²) in [4.78, 5) is 0. The van der Waals surface area contributed by atoms with Crippen LogP contribution in [0.5, 0.6) is 5.75 Å². The molecule has 0 aliphatic heterocycles. The van der Waals surface area contributed by atoms with Gasteiger partial charge in [0.15, 0.2) is 0 Å². The molecule has 0 radical (unpaired) electrons. The summed E-state index contributed by atoms with van der Waals surface area (Å²) in [5, 5.41) is 3.23. The van der Waals surface area contributed by atoms with Crippen molar-refractivity contribution in [2.24, 2.45) is 0 Å². The molecule has 0 fully saturated rings. The molecule has 0 aliphatic rings. The summed E-state index contributed by atoms with van der Waals surface area (Å²) in [6.45, 7) is 6.08. The smallest absolute Gasteiger partial charge is 0.119 e. The monoisotopic (exact) mass is 283 g/mol. The van der Waals surface area contributed by atoms with Gasteiger partial charge in [-0.3, -0.25) is 4.21 Å². The summed E-state index contributed by atoms with van der Waals surface area (Å²) in [6, 6.07) is 8.18. The van der Waals surface area contributed by atoms with Gasteiger partial charge in [0.25, 0.3) is 0 Å². The van der Waals surface area contributed by atoms with Crippen molar-refractivity contribution in [1.29, 1.82) is 0 Å². The first-order chi connectivity index (χ1) is 9.06. The van der Waals surface area contributed by atoms with Gasteiger partial charge in [-0.1, -0.05) is 19.1 Å². The predicted octanol–water partition coefficient (Wildman–Crippen LogP) is 2.89. The lowest BCUT2D eigenvalue weighted by Gasteiger charge is -2.17. The Morgan fingerprint density at radius 3 is 2.37 bits per heavy atom. The largest absolute Gasteiger partial charge is 0.491 e. The number of rotatable bonds is 8. The van der Waals surface area contributed by atoms with Gasteiger partial charge in [-0.25, -0.2) is 0 Å². The van der Waals surface area contributed by atoms with Crippen molar-refractivity contribution in [3.63, 3.8) is 0 Å². The van der Waals surface area contributed by atoms with Gasteiger partial charge in [-0.05, 0) is 45.0 Å². The molecular formula is C15H25NO2S. The van der Waals surface area contributed by atoms with Crippen molar-refractivity contribution in [1.82, 2.24) is 5.32 Å². The van der Waals surface area contributed by atoms with Crippen molar-refractivity contribution < 1.29 is 8.95 Å². The maximum atomic E-state index is 11.8. The van der Waals surface area contributed by atoms with Crippen LogP contribution in [0.3, 0.4) is 0 Å². The fourth-order valence-corrected chi connectivity index (χ4v) is 3.25. The van der Waals surface area contributed by atoms with Crippen molar-refractivity contribution in [2.75, 3.05) is 18.6 Å². The molecule has 2 unspecified atom stereocenters. The summed E-state index contributed by atoms with van der Waals surface area (Å²) in [5.74, 6) is 2.31. The zero-order valence-electron chi connectivity index (χ0n) is 12.3. The van der Waals surface area contributed by atoms with E-state index < -0.39 is 10.8 Å². The second kappa shape index (κ2) is 8.33. The third-order valence-corrected chi connectivity index (χ3v) is 4.36. The highest BCUT2D eigenvalue weighted by Gasteiger charge is 2.12. The van der Waals surface area contributed by atoms with Gasteiger partial charge < -0.3 is 10.1 Å². The first-order valence-corrected chi connectivity index (χ1v) is 8.34. The molecular weight excluding hydrogens is 258 g/mol. The van der Waals surface area contributed by atoms with E-state index in [9.17, 15) is 4.21 Å². The molecule has 3 nitrogen and oxygen atoms in total. The van der Waals surface area contributed by atoms with Gasteiger partial charge in [0.05, 0.1) is 6.10 Å². The van der Waals surface area contributed by atoms with E-state index in [1.54, 1.807) is 0 Å². The zero-order chi connectivity index (χ0) is 14.3. The van der Waals surface area contributed by atoms with Crippen molar-refractivity contribution in [3.05, 3.63) is 29.8 Å². The van der Waals surface area contributed by atoms with E-state index in [1.807, 2.05) is 45.2 Å².